The van der Waals surface area contributed by atoms with Crippen LogP contribution in [-0.2, 0) is 4.79 Å². The van der Waals surface area contributed by atoms with E-state index < -0.39 is 4.92 Å². The van der Waals surface area contributed by atoms with E-state index in [4.69, 9.17) is 0 Å². The number of amides is 1. The molecule has 1 rings (SSSR count). The molecular formula is C17H24N2O3. The summed E-state index contributed by atoms with van der Waals surface area (Å²) >= 11 is 0. The summed E-state index contributed by atoms with van der Waals surface area (Å²) in [6, 6.07) is 6.25. The predicted octanol–water partition coefficient (Wildman–Crippen LogP) is 4.08. The summed E-state index contributed by atoms with van der Waals surface area (Å²) in [6.45, 7) is 4.18. The van der Waals surface area contributed by atoms with Gasteiger partial charge in [0, 0.05) is 24.3 Å². The Bertz CT molecular complexity index is 509. The molecule has 0 fully saturated rings. The van der Waals surface area contributed by atoms with Gasteiger partial charge >= 0.3 is 0 Å². The molecule has 0 aliphatic rings. The van der Waals surface area contributed by atoms with Crippen molar-refractivity contribution in [2.75, 3.05) is 0 Å². The molecule has 1 N–H and O–H groups in total. The molecule has 0 saturated heterocycles. The summed E-state index contributed by atoms with van der Waals surface area (Å²) in [6.07, 6.45) is 8.87. The van der Waals surface area contributed by atoms with Crippen molar-refractivity contribution in [2.24, 2.45) is 0 Å². The molecule has 1 aromatic rings. The fourth-order valence-electron chi connectivity index (χ4n) is 2.12. The quantitative estimate of drug-likeness (QED) is 0.323. The number of nitrogens with zero attached hydrogens (tertiary/aromatic N) is 1. The van der Waals surface area contributed by atoms with Crippen LogP contribution in [0.2, 0.25) is 0 Å². The largest absolute Gasteiger partial charge is 0.350 e. The number of benzene rings is 1. The van der Waals surface area contributed by atoms with Gasteiger partial charge < -0.3 is 5.32 Å². The van der Waals surface area contributed by atoms with Gasteiger partial charge in [0.05, 0.1) is 4.92 Å². The lowest BCUT2D eigenvalue weighted by molar-refractivity contribution is -0.384. The first-order valence-electron chi connectivity index (χ1n) is 7.76. The second-order valence-corrected chi connectivity index (χ2v) is 5.44. The Labute approximate surface area is 131 Å². The van der Waals surface area contributed by atoms with Crippen LogP contribution in [-0.4, -0.2) is 16.9 Å². The van der Waals surface area contributed by atoms with Crippen LogP contribution < -0.4 is 5.32 Å². The van der Waals surface area contributed by atoms with Gasteiger partial charge in [-0.05, 0) is 37.1 Å². The van der Waals surface area contributed by atoms with Gasteiger partial charge in [-0.2, -0.15) is 0 Å². The highest BCUT2D eigenvalue weighted by Gasteiger charge is 2.05. The van der Waals surface area contributed by atoms with E-state index in [1.807, 2.05) is 6.92 Å². The number of non-ortho nitro benzene ring substituents is 1. The lowest BCUT2D eigenvalue weighted by Crippen LogP contribution is -2.30. The number of carbonyl (C=O) groups excluding carboxylic acids is 1. The zero-order chi connectivity index (χ0) is 16.4. The highest BCUT2D eigenvalue weighted by atomic mass is 16.6. The van der Waals surface area contributed by atoms with Crippen LogP contribution in [0.3, 0.4) is 0 Å². The van der Waals surface area contributed by atoms with Crippen LogP contribution >= 0.6 is 0 Å². The summed E-state index contributed by atoms with van der Waals surface area (Å²) in [7, 11) is 0. The first-order chi connectivity index (χ1) is 10.5. The fraction of sp³-hybridized carbons (Fsp3) is 0.471. The average Bonchev–Trinajstić information content (AvgIpc) is 2.50. The maximum atomic E-state index is 11.8. The van der Waals surface area contributed by atoms with Crippen molar-refractivity contribution in [1.82, 2.24) is 5.32 Å². The summed E-state index contributed by atoms with van der Waals surface area (Å²) in [5.74, 6) is -0.138. The van der Waals surface area contributed by atoms with E-state index in [2.05, 4.69) is 12.2 Å². The van der Waals surface area contributed by atoms with Gasteiger partial charge in [-0.15, -0.1) is 0 Å². The Morgan fingerprint density at radius 3 is 2.55 bits per heavy atom. The second kappa shape index (κ2) is 9.71. The Hall–Kier alpha value is -2.17. The molecule has 120 valence electrons. The molecule has 22 heavy (non-hydrogen) atoms. The topological polar surface area (TPSA) is 72.2 Å². The number of unbranched alkanes of at least 4 members (excludes halogenated alkanes) is 3. The molecule has 5 heteroatoms. The third kappa shape index (κ3) is 7.02. The van der Waals surface area contributed by atoms with Crippen molar-refractivity contribution < 1.29 is 9.72 Å². The lowest BCUT2D eigenvalue weighted by Gasteiger charge is -2.11. The zero-order valence-electron chi connectivity index (χ0n) is 13.2. The van der Waals surface area contributed by atoms with Crippen LogP contribution in [0, 0.1) is 10.1 Å². The first kappa shape index (κ1) is 17.9. The first-order valence-corrected chi connectivity index (χ1v) is 7.76. The predicted molar refractivity (Wildman–Crippen MR) is 88.5 cm³/mol. The number of nitro groups is 1. The smallest absolute Gasteiger partial charge is 0.269 e. The summed E-state index contributed by atoms with van der Waals surface area (Å²) in [4.78, 5) is 21.9. The Morgan fingerprint density at radius 1 is 1.27 bits per heavy atom. The normalized spacial score (nSPS) is 12.3. The lowest BCUT2D eigenvalue weighted by atomic mass is 10.1. The van der Waals surface area contributed by atoms with Crippen LogP contribution in [0.4, 0.5) is 5.69 Å². The average molecular weight is 304 g/mol. The van der Waals surface area contributed by atoms with Gasteiger partial charge in [-0.3, -0.25) is 14.9 Å². The molecule has 0 aromatic heterocycles. The third-order valence-corrected chi connectivity index (χ3v) is 3.41. The minimum Gasteiger partial charge on any atom is -0.350 e. The number of hydrogen-bond acceptors (Lipinski definition) is 3. The molecule has 0 bridgehead atoms. The standard InChI is InChI=1S/C17H24N2O3/c1-3-4-5-6-7-14(2)18-17(20)13-10-15-8-11-16(12-9-15)19(21)22/h8-14H,3-7H2,1-2H3,(H,18,20)/b13-10+. The Kier molecular flexibility index (Phi) is 7.89. The van der Waals surface area contributed by atoms with Gasteiger partial charge in [0.2, 0.25) is 5.91 Å². The highest BCUT2D eigenvalue weighted by molar-refractivity contribution is 5.91. The number of nitro benzene ring substituents is 1. The van der Waals surface area contributed by atoms with E-state index in [-0.39, 0.29) is 17.6 Å². The molecule has 0 radical (unpaired) electrons. The van der Waals surface area contributed by atoms with E-state index in [1.165, 1.54) is 37.5 Å². The number of rotatable bonds is 9. The SMILES string of the molecule is CCCCCCC(C)NC(=O)/C=C/c1ccc([N+](=O)[O-])cc1. The van der Waals surface area contributed by atoms with Gasteiger partial charge in [0.1, 0.15) is 0 Å². The van der Waals surface area contributed by atoms with Crippen molar-refractivity contribution in [3.05, 3.63) is 46.0 Å². The van der Waals surface area contributed by atoms with E-state index in [0.29, 0.717) is 0 Å². The molecule has 1 aromatic carbocycles. The maximum Gasteiger partial charge on any atom is 0.269 e. The van der Waals surface area contributed by atoms with Gasteiger partial charge in [-0.25, -0.2) is 0 Å². The van der Waals surface area contributed by atoms with Crippen molar-refractivity contribution >= 4 is 17.7 Å². The van der Waals surface area contributed by atoms with Crippen LogP contribution in [0.5, 0.6) is 0 Å². The van der Waals surface area contributed by atoms with Gasteiger partial charge in [0.15, 0.2) is 0 Å². The van der Waals surface area contributed by atoms with Gasteiger partial charge in [-0.1, -0.05) is 32.6 Å². The van der Waals surface area contributed by atoms with Crippen LogP contribution in [0.1, 0.15) is 51.5 Å². The summed E-state index contributed by atoms with van der Waals surface area (Å²) in [5, 5.41) is 13.5. The number of hydrogen-bond donors (Lipinski definition) is 1. The number of nitrogens with one attached hydrogen (secondary N) is 1. The van der Waals surface area contributed by atoms with Crippen LogP contribution in [0.25, 0.3) is 6.08 Å². The maximum absolute atomic E-state index is 11.8. The van der Waals surface area contributed by atoms with E-state index >= 15 is 0 Å². The molecular weight excluding hydrogens is 280 g/mol. The zero-order valence-corrected chi connectivity index (χ0v) is 13.2. The molecule has 0 aliphatic carbocycles. The van der Waals surface area contributed by atoms with Crippen LogP contribution in [0.15, 0.2) is 30.3 Å². The fourth-order valence-corrected chi connectivity index (χ4v) is 2.12. The van der Waals surface area contributed by atoms with Crippen molar-refractivity contribution in [3.8, 4) is 0 Å². The van der Waals surface area contributed by atoms with E-state index in [0.717, 1.165) is 18.4 Å². The molecule has 0 heterocycles. The van der Waals surface area contributed by atoms with E-state index in [9.17, 15) is 14.9 Å². The monoisotopic (exact) mass is 304 g/mol. The minimum atomic E-state index is -0.444. The highest BCUT2D eigenvalue weighted by Crippen LogP contribution is 2.12. The van der Waals surface area contributed by atoms with E-state index in [1.54, 1.807) is 18.2 Å². The Balaban J connectivity index is 2.38. The Morgan fingerprint density at radius 2 is 1.95 bits per heavy atom. The molecule has 1 unspecified atom stereocenters. The van der Waals surface area contributed by atoms with Crippen molar-refractivity contribution in [2.45, 2.75) is 52.0 Å². The summed E-state index contributed by atoms with van der Waals surface area (Å²) < 4.78 is 0. The molecule has 1 amide bonds. The third-order valence-electron chi connectivity index (χ3n) is 3.41. The second-order valence-electron chi connectivity index (χ2n) is 5.44. The molecule has 1 atom stereocenters. The molecule has 0 aliphatic heterocycles. The minimum absolute atomic E-state index is 0.0438. The molecule has 0 spiro atoms. The summed E-state index contributed by atoms with van der Waals surface area (Å²) in [5.41, 5.74) is 0.804. The molecule has 0 saturated carbocycles. The van der Waals surface area contributed by atoms with Gasteiger partial charge in [0.25, 0.3) is 5.69 Å². The van der Waals surface area contributed by atoms with Crippen molar-refractivity contribution in [3.63, 3.8) is 0 Å². The number of carbonyl (C=O) groups is 1. The van der Waals surface area contributed by atoms with Crippen molar-refractivity contribution in [1.29, 1.82) is 0 Å². The molecule has 5 nitrogen and oxygen atoms in total.